The van der Waals surface area contributed by atoms with Crippen molar-refractivity contribution < 1.29 is 4.92 Å². The van der Waals surface area contributed by atoms with Gasteiger partial charge in [0.25, 0.3) is 5.69 Å². The third-order valence-electron chi connectivity index (χ3n) is 3.50. The van der Waals surface area contributed by atoms with Gasteiger partial charge in [-0.15, -0.1) is 11.3 Å². The fourth-order valence-electron chi connectivity index (χ4n) is 2.62. The number of thiazole rings is 1. The topological polar surface area (TPSA) is 71.3 Å². The van der Waals surface area contributed by atoms with Crippen molar-refractivity contribution in [1.82, 2.24) is 10.3 Å². The lowest BCUT2D eigenvalue weighted by Crippen LogP contribution is -2.49. The Labute approximate surface area is 120 Å². The van der Waals surface area contributed by atoms with Crippen LogP contribution in [0.4, 0.5) is 11.4 Å². The van der Waals surface area contributed by atoms with Crippen LogP contribution < -0.4 is 10.2 Å². The second kappa shape index (κ2) is 4.99. The number of nitrogens with one attached hydrogen (secondary N) is 1. The summed E-state index contributed by atoms with van der Waals surface area (Å²) in [6.45, 7) is 6.40. The number of hydrogen-bond donors (Lipinski definition) is 1. The monoisotopic (exact) mass is 292 g/mol. The van der Waals surface area contributed by atoms with Crippen LogP contribution in [-0.4, -0.2) is 35.6 Å². The van der Waals surface area contributed by atoms with Crippen molar-refractivity contribution in [2.45, 2.75) is 19.9 Å². The van der Waals surface area contributed by atoms with Gasteiger partial charge in [0.05, 0.1) is 20.1 Å². The number of anilines is 1. The van der Waals surface area contributed by atoms with Crippen LogP contribution in [0.15, 0.2) is 12.1 Å². The van der Waals surface area contributed by atoms with Crippen LogP contribution in [0.25, 0.3) is 10.2 Å². The molecule has 0 aliphatic carbocycles. The largest absolute Gasteiger partial charge is 0.363 e. The first-order chi connectivity index (χ1) is 9.54. The van der Waals surface area contributed by atoms with Crippen LogP contribution in [-0.2, 0) is 0 Å². The molecule has 6 nitrogen and oxygen atoms in total. The first-order valence-corrected chi connectivity index (χ1v) is 7.40. The molecule has 0 saturated carbocycles. The molecule has 0 bridgehead atoms. The Morgan fingerprint density at radius 1 is 1.55 bits per heavy atom. The molecule has 1 aromatic heterocycles. The predicted octanol–water partition coefficient (Wildman–Crippen LogP) is 2.31. The summed E-state index contributed by atoms with van der Waals surface area (Å²) in [5.74, 6) is 0. The van der Waals surface area contributed by atoms with Gasteiger partial charge in [-0.1, -0.05) is 0 Å². The van der Waals surface area contributed by atoms with E-state index < -0.39 is 0 Å². The molecule has 1 fully saturated rings. The van der Waals surface area contributed by atoms with E-state index in [0.717, 1.165) is 34.9 Å². The van der Waals surface area contributed by atoms with E-state index in [0.29, 0.717) is 11.7 Å². The fraction of sp³-hybridized carbons (Fsp3) is 0.462. The van der Waals surface area contributed by atoms with Gasteiger partial charge in [0, 0.05) is 31.7 Å². The Balaban J connectivity index is 2.11. The van der Waals surface area contributed by atoms with E-state index in [1.165, 1.54) is 11.3 Å². The maximum absolute atomic E-state index is 11.3. The molecule has 0 radical (unpaired) electrons. The van der Waals surface area contributed by atoms with Gasteiger partial charge in [-0.2, -0.15) is 0 Å². The Morgan fingerprint density at radius 3 is 3.05 bits per heavy atom. The highest BCUT2D eigenvalue weighted by molar-refractivity contribution is 7.18. The van der Waals surface area contributed by atoms with Crippen LogP contribution in [0.2, 0.25) is 0 Å². The summed E-state index contributed by atoms with van der Waals surface area (Å²) in [5.41, 5.74) is 1.70. The van der Waals surface area contributed by atoms with Gasteiger partial charge in [0.15, 0.2) is 0 Å². The summed E-state index contributed by atoms with van der Waals surface area (Å²) in [6.07, 6.45) is 0. The average Bonchev–Trinajstić information content (AvgIpc) is 2.76. The van der Waals surface area contributed by atoms with Gasteiger partial charge in [0.2, 0.25) is 0 Å². The number of aryl methyl sites for hydroxylation is 1. The number of nitrogens with zero attached hydrogens (tertiary/aromatic N) is 3. The minimum Gasteiger partial charge on any atom is -0.363 e. The van der Waals surface area contributed by atoms with Crippen molar-refractivity contribution in [1.29, 1.82) is 0 Å². The average molecular weight is 292 g/mol. The molecule has 1 aliphatic rings. The molecule has 2 aromatic rings. The van der Waals surface area contributed by atoms with Crippen LogP contribution in [0, 0.1) is 17.0 Å². The van der Waals surface area contributed by atoms with Crippen molar-refractivity contribution in [2.24, 2.45) is 0 Å². The number of hydrogen-bond acceptors (Lipinski definition) is 6. The smallest absolute Gasteiger partial charge is 0.294 e. The Bertz CT molecular complexity index is 670. The molecule has 1 aliphatic heterocycles. The van der Waals surface area contributed by atoms with E-state index >= 15 is 0 Å². The summed E-state index contributed by atoms with van der Waals surface area (Å²) < 4.78 is 0.876. The second-order valence-corrected chi connectivity index (χ2v) is 6.33. The number of nitro groups is 1. The van der Waals surface area contributed by atoms with E-state index in [2.05, 4.69) is 22.1 Å². The van der Waals surface area contributed by atoms with E-state index in [1.54, 1.807) is 6.07 Å². The van der Waals surface area contributed by atoms with Crippen molar-refractivity contribution in [3.8, 4) is 0 Å². The van der Waals surface area contributed by atoms with E-state index in [4.69, 9.17) is 0 Å². The maximum atomic E-state index is 11.3. The number of aromatic nitrogens is 1. The molecular formula is C13H16N4O2S. The predicted molar refractivity (Wildman–Crippen MR) is 80.7 cm³/mol. The minimum atomic E-state index is -0.295. The van der Waals surface area contributed by atoms with E-state index in [-0.39, 0.29) is 10.6 Å². The fourth-order valence-corrected chi connectivity index (χ4v) is 3.46. The zero-order chi connectivity index (χ0) is 14.3. The van der Waals surface area contributed by atoms with Crippen LogP contribution in [0.5, 0.6) is 0 Å². The summed E-state index contributed by atoms with van der Waals surface area (Å²) in [5, 5.41) is 15.6. The molecule has 3 rings (SSSR count). The second-order valence-electron chi connectivity index (χ2n) is 5.10. The molecular weight excluding hydrogens is 276 g/mol. The number of fused-ring (bicyclic) bond motifs is 1. The highest BCUT2D eigenvalue weighted by Crippen LogP contribution is 2.35. The Hall–Kier alpha value is -1.73. The van der Waals surface area contributed by atoms with Crippen LogP contribution in [0.1, 0.15) is 11.9 Å². The molecule has 106 valence electrons. The number of benzene rings is 1. The van der Waals surface area contributed by atoms with Crippen LogP contribution >= 0.6 is 11.3 Å². The molecule has 2 heterocycles. The third-order valence-corrected chi connectivity index (χ3v) is 4.43. The van der Waals surface area contributed by atoms with Gasteiger partial charge in [-0.3, -0.25) is 10.1 Å². The highest BCUT2D eigenvalue weighted by atomic mass is 32.1. The summed E-state index contributed by atoms with van der Waals surface area (Å²) in [4.78, 5) is 17.6. The van der Waals surface area contributed by atoms with Crippen LogP contribution in [0.3, 0.4) is 0 Å². The highest BCUT2D eigenvalue weighted by Gasteiger charge is 2.25. The zero-order valence-corrected chi connectivity index (χ0v) is 12.2. The molecule has 20 heavy (non-hydrogen) atoms. The summed E-state index contributed by atoms with van der Waals surface area (Å²) in [6, 6.07) is 3.84. The third kappa shape index (κ3) is 2.34. The van der Waals surface area contributed by atoms with Crippen molar-refractivity contribution >= 4 is 32.9 Å². The van der Waals surface area contributed by atoms with Gasteiger partial charge in [0.1, 0.15) is 5.69 Å². The number of piperazine rings is 1. The normalized spacial score (nSPS) is 19.5. The Kier molecular flexibility index (Phi) is 3.31. The lowest BCUT2D eigenvalue weighted by molar-refractivity contribution is -0.384. The maximum Gasteiger partial charge on any atom is 0.294 e. The lowest BCUT2D eigenvalue weighted by atomic mass is 10.1. The molecule has 1 saturated heterocycles. The molecule has 7 heteroatoms. The Morgan fingerprint density at radius 2 is 2.35 bits per heavy atom. The molecule has 0 spiro atoms. The quantitative estimate of drug-likeness (QED) is 0.679. The number of nitro benzene ring substituents is 1. The van der Waals surface area contributed by atoms with Crippen molar-refractivity contribution in [3.63, 3.8) is 0 Å². The lowest BCUT2D eigenvalue weighted by Gasteiger charge is -2.33. The SMILES string of the molecule is Cc1nc2cc(N3CCNC(C)C3)c([N+](=O)[O-])cc2s1. The minimum absolute atomic E-state index is 0.176. The van der Waals surface area contributed by atoms with Gasteiger partial charge < -0.3 is 10.2 Å². The van der Waals surface area contributed by atoms with Gasteiger partial charge in [-0.05, 0) is 19.9 Å². The first-order valence-electron chi connectivity index (χ1n) is 6.58. The molecule has 1 atom stereocenters. The van der Waals surface area contributed by atoms with Crippen molar-refractivity contribution in [3.05, 3.63) is 27.3 Å². The molecule has 1 unspecified atom stereocenters. The molecule has 1 aromatic carbocycles. The number of rotatable bonds is 2. The van der Waals surface area contributed by atoms with Crippen molar-refractivity contribution in [2.75, 3.05) is 24.5 Å². The van der Waals surface area contributed by atoms with E-state index in [1.807, 2.05) is 13.0 Å². The molecule has 1 N–H and O–H groups in total. The summed E-state index contributed by atoms with van der Waals surface area (Å²) in [7, 11) is 0. The van der Waals surface area contributed by atoms with Gasteiger partial charge in [-0.25, -0.2) is 4.98 Å². The van der Waals surface area contributed by atoms with E-state index in [9.17, 15) is 10.1 Å². The first kappa shape index (κ1) is 13.3. The molecule has 0 amide bonds. The zero-order valence-electron chi connectivity index (χ0n) is 11.4. The summed E-state index contributed by atoms with van der Waals surface area (Å²) >= 11 is 1.49. The van der Waals surface area contributed by atoms with Gasteiger partial charge >= 0.3 is 0 Å². The standard InChI is InChI=1S/C13H16N4O2S/c1-8-7-16(4-3-14-8)11-5-10-13(20-9(2)15-10)6-12(11)17(18)19/h5-6,8,14H,3-4,7H2,1-2H3.